The monoisotopic (exact) mass is 1520 g/mol. The lowest BCUT2D eigenvalue weighted by Gasteiger charge is -2.43. The number of anilines is 8. The standard InChI is InChI=1S/C33H39N.C27H25NO.C26H23NO.C23H19NO/c1-10-31(3,4)22-16-17-24-23-13-11-12-14-25(23)30-29(26(24)20-22)33(7,8)32(5,6)27-19-21(2)15-18-28(27)34(30)9;1-28-23-17-20-12-6-7-13-21(20)25(19-10-3-2-4-11-19)27(23)29-24-16-15-18-9-5-8-14-22(18)26(24)28;1-27-22-14-18-10-4-5-11-19(18)16-24(22)28-26-23(27)15-20-12-6-7-13-21(20)25(26)17-8-2-3-9-17;1-3-15-14-21-23(19-11-7-6-9-17(15)19)25-22-18-10-5-4-8-16(18)12-13-20(22)24(21)2/h11-20H,10H2,1-9H3;5-9,12-17,19H,2-4,10-11H2,1H3;4-7,10-17H,2-3,8-9H2,1H3;4-14H,3H2,1-2H3. The van der Waals surface area contributed by atoms with Gasteiger partial charge in [0.2, 0.25) is 0 Å². The van der Waals surface area contributed by atoms with E-state index < -0.39 is 0 Å². The third kappa shape index (κ3) is 12.3. The molecule has 0 N–H and O–H groups in total. The number of ether oxygens (including phenoxy) is 3. The normalized spacial score (nSPS) is 15.8. The smallest absolute Gasteiger partial charge is 0.159 e. The maximum absolute atomic E-state index is 6.71. The van der Waals surface area contributed by atoms with Crippen LogP contribution in [0.5, 0.6) is 34.5 Å². The molecule has 2 fully saturated rings. The fourth-order valence-electron chi connectivity index (χ4n) is 20.4. The molecule has 580 valence electrons. The maximum atomic E-state index is 6.71. The number of benzene rings is 16. The summed E-state index contributed by atoms with van der Waals surface area (Å²) in [5.41, 5.74) is 19.4. The highest BCUT2D eigenvalue weighted by Crippen LogP contribution is 2.61. The van der Waals surface area contributed by atoms with Gasteiger partial charge in [0.15, 0.2) is 34.5 Å². The highest BCUT2D eigenvalue weighted by molar-refractivity contribution is 6.17. The Morgan fingerprint density at radius 2 is 0.802 bits per heavy atom. The highest BCUT2D eigenvalue weighted by atomic mass is 16.5. The average molecular weight is 1520 g/mol. The molecule has 7 heteroatoms. The Labute approximate surface area is 684 Å². The molecule has 0 saturated heterocycles. The number of fused-ring (bicyclic) bond motifs is 22. The first-order valence-electron chi connectivity index (χ1n) is 42.6. The molecule has 0 atom stereocenters. The van der Waals surface area contributed by atoms with Gasteiger partial charge in [-0.1, -0.05) is 305 Å². The molecule has 116 heavy (non-hydrogen) atoms. The summed E-state index contributed by atoms with van der Waals surface area (Å²) in [6.45, 7) is 21.3. The van der Waals surface area contributed by atoms with Gasteiger partial charge in [-0.3, -0.25) is 0 Å². The van der Waals surface area contributed by atoms with Crippen LogP contribution in [0.25, 0.3) is 86.2 Å². The Bertz CT molecular complexity index is 6610. The van der Waals surface area contributed by atoms with Crippen molar-refractivity contribution in [3.8, 4) is 34.5 Å². The van der Waals surface area contributed by atoms with Gasteiger partial charge in [0.1, 0.15) is 0 Å². The van der Waals surface area contributed by atoms with Crippen LogP contribution in [-0.2, 0) is 22.7 Å². The van der Waals surface area contributed by atoms with Crippen LogP contribution in [-0.4, -0.2) is 28.2 Å². The molecule has 22 rings (SSSR count). The van der Waals surface area contributed by atoms with Crippen molar-refractivity contribution >= 4 is 132 Å². The topological polar surface area (TPSA) is 40.7 Å². The third-order valence-electron chi connectivity index (χ3n) is 28.0. The predicted octanol–water partition coefficient (Wildman–Crippen LogP) is 31.2. The summed E-state index contributed by atoms with van der Waals surface area (Å²) in [7, 11) is 8.75. The number of aryl methyl sites for hydroxylation is 2. The zero-order valence-corrected chi connectivity index (χ0v) is 69.8. The third-order valence-corrected chi connectivity index (χ3v) is 28.0. The van der Waals surface area contributed by atoms with E-state index in [-0.39, 0.29) is 16.2 Å². The van der Waals surface area contributed by atoms with E-state index in [1.54, 1.807) is 0 Å². The Morgan fingerprint density at radius 1 is 0.336 bits per heavy atom. The molecule has 0 radical (unpaired) electrons. The van der Waals surface area contributed by atoms with Gasteiger partial charge in [0, 0.05) is 77.4 Å². The molecule has 2 aliphatic carbocycles. The summed E-state index contributed by atoms with van der Waals surface area (Å²) in [6.07, 6.45) is 13.8. The van der Waals surface area contributed by atoms with Crippen LogP contribution in [0.15, 0.2) is 261 Å². The minimum absolute atomic E-state index is 0.0560. The number of nitrogens with zero attached hydrogens (tertiary/aromatic N) is 4. The first kappa shape index (κ1) is 74.3. The van der Waals surface area contributed by atoms with Crippen molar-refractivity contribution in [1.82, 2.24) is 0 Å². The lowest BCUT2D eigenvalue weighted by atomic mass is 9.60. The maximum Gasteiger partial charge on any atom is 0.159 e. The molecule has 2 saturated carbocycles. The van der Waals surface area contributed by atoms with Gasteiger partial charge in [-0.2, -0.15) is 0 Å². The molecule has 0 amide bonds. The second-order valence-electron chi connectivity index (χ2n) is 35.3. The van der Waals surface area contributed by atoms with Crippen LogP contribution in [0.1, 0.15) is 170 Å². The molecule has 4 aliphatic heterocycles. The first-order valence-corrected chi connectivity index (χ1v) is 42.6. The van der Waals surface area contributed by atoms with Crippen LogP contribution < -0.4 is 33.8 Å². The number of hydrogen-bond donors (Lipinski definition) is 0. The molecule has 6 aliphatic rings. The van der Waals surface area contributed by atoms with E-state index in [2.05, 4.69) is 371 Å². The Morgan fingerprint density at radius 3 is 1.44 bits per heavy atom. The van der Waals surface area contributed by atoms with Crippen molar-refractivity contribution < 1.29 is 14.2 Å². The molecule has 16 aromatic carbocycles. The Balaban J connectivity index is 0.000000104. The zero-order chi connectivity index (χ0) is 79.6. The van der Waals surface area contributed by atoms with Crippen molar-refractivity contribution in [2.75, 3.05) is 47.8 Å². The SMILES string of the molecule is CCC(C)(C)c1ccc2c(c1)c1c(c3ccccc32)N(C)c2ccc(C)cc2C(C)(C)C1(C)C.CCc1cc2c(c3ccccc13)Oc1c(ccc3ccccc13)N2C.CN1c2cc3ccccc3c(C3CCCCC3)c2Oc2ccc3ccccc3c21.CN1c2cc3ccccc3cc2Oc2c1cc1ccccc1c2C1CCCC1. The molecule has 0 spiro atoms. The van der Waals surface area contributed by atoms with E-state index in [0.29, 0.717) is 11.8 Å². The van der Waals surface area contributed by atoms with Crippen LogP contribution in [0, 0.1) is 6.92 Å². The van der Waals surface area contributed by atoms with E-state index in [9.17, 15) is 0 Å². The van der Waals surface area contributed by atoms with Crippen molar-refractivity contribution in [1.29, 1.82) is 0 Å². The van der Waals surface area contributed by atoms with E-state index in [1.807, 2.05) is 0 Å². The van der Waals surface area contributed by atoms with E-state index in [0.717, 1.165) is 69.8 Å². The van der Waals surface area contributed by atoms with Gasteiger partial charge in [-0.25, -0.2) is 0 Å². The summed E-state index contributed by atoms with van der Waals surface area (Å²) in [6, 6.07) is 94.9. The molecule has 4 heterocycles. The zero-order valence-electron chi connectivity index (χ0n) is 69.8. The molecule has 7 nitrogen and oxygen atoms in total. The highest BCUT2D eigenvalue weighted by Gasteiger charge is 2.47. The van der Waals surface area contributed by atoms with Gasteiger partial charge in [-0.15, -0.1) is 0 Å². The number of rotatable bonds is 5. The van der Waals surface area contributed by atoms with Gasteiger partial charge in [-0.05, 0) is 198 Å². The van der Waals surface area contributed by atoms with Crippen molar-refractivity contribution in [3.05, 3.63) is 300 Å². The van der Waals surface area contributed by atoms with Gasteiger partial charge >= 0.3 is 0 Å². The van der Waals surface area contributed by atoms with Crippen molar-refractivity contribution in [2.45, 2.75) is 161 Å². The molecular formula is C109H106N4O3. The summed E-state index contributed by atoms with van der Waals surface area (Å²) < 4.78 is 19.9. The number of hydrogen-bond acceptors (Lipinski definition) is 7. The van der Waals surface area contributed by atoms with Crippen LogP contribution in [0.3, 0.4) is 0 Å². The lowest BCUT2D eigenvalue weighted by Crippen LogP contribution is -2.40. The Hall–Kier alpha value is -11.8. The van der Waals surface area contributed by atoms with Crippen molar-refractivity contribution in [3.63, 3.8) is 0 Å². The fraction of sp³-hybridized carbons (Fsp3) is 0.266. The minimum Gasteiger partial charge on any atom is -0.453 e. The quantitative estimate of drug-likeness (QED) is 0.159. The molecule has 16 aromatic rings. The van der Waals surface area contributed by atoms with Crippen LogP contribution in [0.2, 0.25) is 0 Å². The summed E-state index contributed by atoms with van der Waals surface area (Å²) in [5.74, 6) is 7.14. The second-order valence-corrected chi connectivity index (χ2v) is 35.3. The lowest BCUT2D eigenvalue weighted by molar-refractivity contribution is 0.309. The summed E-state index contributed by atoms with van der Waals surface area (Å²) >= 11 is 0. The molecular weight excluding hydrogens is 1410 g/mol. The van der Waals surface area contributed by atoms with E-state index in [4.69, 9.17) is 14.2 Å². The fourth-order valence-corrected chi connectivity index (χ4v) is 20.4. The minimum atomic E-state index is -0.0904. The molecule has 0 unspecified atom stereocenters. The molecule has 0 aromatic heterocycles. The van der Waals surface area contributed by atoms with Gasteiger partial charge in [0.25, 0.3) is 0 Å². The van der Waals surface area contributed by atoms with Crippen LogP contribution >= 0.6 is 0 Å². The summed E-state index contributed by atoms with van der Waals surface area (Å²) in [4.78, 5) is 9.38. The molecule has 0 bridgehead atoms. The van der Waals surface area contributed by atoms with Gasteiger partial charge < -0.3 is 33.8 Å². The van der Waals surface area contributed by atoms with E-state index >= 15 is 0 Å². The predicted molar refractivity (Wildman–Crippen MR) is 495 cm³/mol. The Kier molecular flexibility index (Phi) is 18.7. The van der Waals surface area contributed by atoms with Crippen LogP contribution in [0.4, 0.5) is 45.5 Å². The van der Waals surface area contributed by atoms with Gasteiger partial charge in [0.05, 0.1) is 39.8 Å². The largest absolute Gasteiger partial charge is 0.453 e. The second kappa shape index (κ2) is 29.2. The average Bonchev–Trinajstić information content (AvgIpc) is 1.54. The summed E-state index contributed by atoms with van der Waals surface area (Å²) in [5, 5.41) is 20.6. The van der Waals surface area contributed by atoms with E-state index in [1.165, 1.54) is 206 Å². The first-order chi connectivity index (χ1) is 56.3. The van der Waals surface area contributed by atoms with Crippen molar-refractivity contribution in [2.24, 2.45) is 0 Å².